The SMILES string of the molecule is Cc1ccc(-c2ncc[nH]2)c(F)n1. The van der Waals surface area contributed by atoms with E-state index in [0.717, 1.165) is 0 Å². The van der Waals surface area contributed by atoms with Crippen LogP contribution in [0.2, 0.25) is 0 Å². The predicted molar refractivity (Wildman–Crippen MR) is 46.5 cm³/mol. The third-order valence-electron chi connectivity index (χ3n) is 1.74. The first-order chi connectivity index (χ1) is 6.27. The number of H-pyrrole nitrogens is 1. The van der Waals surface area contributed by atoms with Crippen LogP contribution < -0.4 is 0 Å². The number of aromatic amines is 1. The van der Waals surface area contributed by atoms with Gasteiger partial charge >= 0.3 is 0 Å². The average Bonchev–Trinajstić information content (AvgIpc) is 2.56. The van der Waals surface area contributed by atoms with Crippen molar-refractivity contribution in [2.75, 3.05) is 0 Å². The largest absolute Gasteiger partial charge is 0.344 e. The molecule has 2 rings (SSSR count). The molecule has 66 valence electrons. The number of aromatic nitrogens is 3. The third-order valence-corrected chi connectivity index (χ3v) is 1.74. The number of hydrogen-bond donors (Lipinski definition) is 1. The zero-order chi connectivity index (χ0) is 9.26. The lowest BCUT2D eigenvalue weighted by Gasteiger charge is -1.98. The Morgan fingerprint density at radius 2 is 2.23 bits per heavy atom. The lowest BCUT2D eigenvalue weighted by Crippen LogP contribution is -1.92. The molecular formula is C9H8FN3. The van der Waals surface area contributed by atoms with Crippen molar-refractivity contribution in [3.05, 3.63) is 36.2 Å². The second-order valence-corrected chi connectivity index (χ2v) is 2.73. The highest BCUT2D eigenvalue weighted by Crippen LogP contribution is 2.16. The fourth-order valence-electron chi connectivity index (χ4n) is 1.11. The second-order valence-electron chi connectivity index (χ2n) is 2.73. The summed E-state index contributed by atoms with van der Waals surface area (Å²) >= 11 is 0. The number of halogens is 1. The van der Waals surface area contributed by atoms with E-state index < -0.39 is 5.95 Å². The number of rotatable bonds is 1. The first-order valence-electron chi connectivity index (χ1n) is 3.90. The van der Waals surface area contributed by atoms with Gasteiger partial charge in [-0.3, -0.25) is 0 Å². The molecule has 2 heterocycles. The van der Waals surface area contributed by atoms with Crippen molar-refractivity contribution < 1.29 is 4.39 Å². The fraction of sp³-hybridized carbons (Fsp3) is 0.111. The van der Waals surface area contributed by atoms with Gasteiger partial charge in [0.25, 0.3) is 0 Å². The minimum absolute atomic E-state index is 0.399. The van der Waals surface area contributed by atoms with Crippen LogP contribution in [0.1, 0.15) is 5.69 Å². The van der Waals surface area contributed by atoms with Crippen LogP contribution in [0.4, 0.5) is 4.39 Å². The van der Waals surface area contributed by atoms with Gasteiger partial charge in [0.05, 0.1) is 5.56 Å². The Balaban J connectivity index is 2.53. The van der Waals surface area contributed by atoms with Crippen LogP contribution in [0.3, 0.4) is 0 Å². The molecule has 0 amide bonds. The van der Waals surface area contributed by atoms with Crippen molar-refractivity contribution in [2.24, 2.45) is 0 Å². The predicted octanol–water partition coefficient (Wildman–Crippen LogP) is 1.92. The minimum atomic E-state index is -0.491. The van der Waals surface area contributed by atoms with Gasteiger partial charge in [-0.1, -0.05) is 0 Å². The second kappa shape index (κ2) is 2.97. The zero-order valence-electron chi connectivity index (χ0n) is 7.08. The van der Waals surface area contributed by atoms with Gasteiger partial charge in [-0.25, -0.2) is 9.97 Å². The molecule has 1 N–H and O–H groups in total. The molecule has 3 nitrogen and oxygen atoms in total. The van der Waals surface area contributed by atoms with E-state index in [1.54, 1.807) is 31.5 Å². The molecular weight excluding hydrogens is 169 g/mol. The first kappa shape index (κ1) is 7.91. The summed E-state index contributed by atoms with van der Waals surface area (Å²) in [6, 6.07) is 3.41. The van der Waals surface area contributed by atoms with E-state index in [2.05, 4.69) is 15.0 Å². The Hall–Kier alpha value is -1.71. The Morgan fingerprint density at radius 1 is 1.38 bits per heavy atom. The topological polar surface area (TPSA) is 41.6 Å². The summed E-state index contributed by atoms with van der Waals surface area (Å²) < 4.78 is 13.2. The Kier molecular flexibility index (Phi) is 1.81. The van der Waals surface area contributed by atoms with Gasteiger partial charge in [0.15, 0.2) is 0 Å². The maximum Gasteiger partial charge on any atom is 0.224 e. The molecule has 0 atom stereocenters. The molecule has 0 spiro atoms. The van der Waals surface area contributed by atoms with Crippen molar-refractivity contribution >= 4 is 0 Å². The highest BCUT2D eigenvalue weighted by molar-refractivity contribution is 5.53. The molecule has 4 heteroatoms. The van der Waals surface area contributed by atoms with Crippen molar-refractivity contribution in [3.63, 3.8) is 0 Å². The first-order valence-corrected chi connectivity index (χ1v) is 3.90. The van der Waals surface area contributed by atoms with Crippen molar-refractivity contribution in [3.8, 4) is 11.4 Å². The minimum Gasteiger partial charge on any atom is -0.344 e. The fourth-order valence-corrected chi connectivity index (χ4v) is 1.11. The van der Waals surface area contributed by atoms with Crippen LogP contribution in [0.25, 0.3) is 11.4 Å². The molecule has 2 aromatic rings. The van der Waals surface area contributed by atoms with E-state index in [0.29, 0.717) is 17.1 Å². The molecule has 0 aliphatic heterocycles. The van der Waals surface area contributed by atoms with Gasteiger partial charge in [0, 0.05) is 18.1 Å². The summed E-state index contributed by atoms with van der Waals surface area (Å²) in [5, 5.41) is 0. The van der Waals surface area contributed by atoms with E-state index in [1.165, 1.54) is 0 Å². The summed E-state index contributed by atoms with van der Waals surface area (Å²) in [5.41, 5.74) is 1.06. The van der Waals surface area contributed by atoms with E-state index in [9.17, 15) is 4.39 Å². The van der Waals surface area contributed by atoms with E-state index >= 15 is 0 Å². The van der Waals surface area contributed by atoms with Gasteiger partial charge in [0.1, 0.15) is 5.82 Å². The highest BCUT2D eigenvalue weighted by Gasteiger charge is 2.07. The summed E-state index contributed by atoms with van der Waals surface area (Å²) in [6.45, 7) is 1.75. The average molecular weight is 177 g/mol. The standard InChI is InChI=1S/C9H8FN3/c1-6-2-3-7(8(10)13-6)9-11-4-5-12-9/h2-5H,1H3,(H,11,12). The monoisotopic (exact) mass is 177 g/mol. The maximum absolute atomic E-state index is 13.2. The summed E-state index contributed by atoms with van der Waals surface area (Å²) in [4.78, 5) is 10.5. The molecule has 0 saturated heterocycles. The number of imidazole rings is 1. The molecule has 13 heavy (non-hydrogen) atoms. The number of nitrogens with zero attached hydrogens (tertiary/aromatic N) is 2. The zero-order valence-corrected chi connectivity index (χ0v) is 7.08. The van der Waals surface area contributed by atoms with Crippen LogP contribution in [0.5, 0.6) is 0 Å². The molecule has 0 fully saturated rings. The smallest absolute Gasteiger partial charge is 0.224 e. The molecule has 0 bridgehead atoms. The van der Waals surface area contributed by atoms with Gasteiger partial charge in [-0.05, 0) is 19.1 Å². The molecule has 0 unspecified atom stereocenters. The summed E-state index contributed by atoms with van der Waals surface area (Å²) in [5.74, 6) is 0.0138. The summed E-state index contributed by atoms with van der Waals surface area (Å²) in [6.07, 6.45) is 3.23. The van der Waals surface area contributed by atoms with Gasteiger partial charge < -0.3 is 4.98 Å². The van der Waals surface area contributed by atoms with Crippen LogP contribution >= 0.6 is 0 Å². The lowest BCUT2D eigenvalue weighted by molar-refractivity contribution is 0.583. The van der Waals surface area contributed by atoms with E-state index in [-0.39, 0.29) is 0 Å². The molecule has 0 aliphatic carbocycles. The Labute approximate surface area is 74.7 Å². The molecule has 0 aliphatic rings. The van der Waals surface area contributed by atoms with Crippen molar-refractivity contribution in [1.82, 2.24) is 15.0 Å². The highest BCUT2D eigenvalue weighted by atomic mass is 19.1. The molecule has 0 radical (unpaired) electrons. The van der Waals surface area contributed by atoms with Gasteiger partial charge in [-0.2, -0.15) is 4.39 Å². The molecule has 0 aromatic carbocycles. The van der Waals surface area contributed by atoms with E-state index in [4.69, 9.17) is 0 Å². The number of hydrogen-bond acceptors (Lipinski definition) is 2. The van der Waals surface area contributed by atoms with Crippen LogP contribution in [-0.4, -0.2) is 15.0 Å². The third kappa shape index (κ3) is 1.42. The molecule has 0 saturated carbocycles. The number of pyridine rings is 1. The van der Waals surface area contributed by atoms with E-state index in [1.807, 2.05) is 0 Å². The number of nitrogens with one attached hydrogen (secondary N) is 1. The summed E-state index contributed by atoms with van der Waals surface area (Å²) in [7, 11) is 0. The van der Waals surface area contributed by atoms with Crippen molar-refractivity contribution in [1.29, 1.82) is 0 Å². The number of aryl methyl sites for hydroxylation is 1. The van der Waals surface area contributed by atoms with Crippen LogP contribution in [0, 0.1) is 12.9 Å². The quantitative estimate of drug-likeness (QED) is 0.676. The van der Waals surface area contributed by atoms with Gasteiger partial charge in [-0.15, -0.1) is 0 Å². The maximum atomic E-state index is 13.2. The normalized spacial score (nSPS) is 10.3. The van der Waals surface area contributed by atoms with Gasteiger partial charge in [0.2, 0.25) is 5.95 Å². The Bertz CT molecular complexity index is 409. The molecule has 2 aromatic heterocycles. The Morgan fingerprint density at radius 3 is 2.85 bits per heavy atom. The lowest BCUT2D eigenvalue weighted by atomic mass is 10.2. The van der Waals surface area contributed by atoms with Crippen LogP contribution in [-0.2, 0) is 0 Å². The van der Waals surface area contributed by atoms with Crippen molar-refractivity contribution in [2.45, 2.75) is 6.92 Å². The van der Waals surface area contributed by atoms with Crippen LogP contribution in [0.15, 0.2) is 24.5 Å².